The van der Waals surface area contributed by atoms with Crippen molar-refractivity contribution in [2.24, 2.45) is 0 Å². The Morgan fingerprint density at radius 2 is 1.93 bits per heavy atom. The molecule has 1 aliphatic heterocycles. The largest absolute Gasteiger partial charge is 0.306 e. The highest BCUT2D eigenvalue weighted by Crippen LogP contribution is 2.14. The number of rotatable bonds is 5. The molecule has 0 N–H and O–H groups in total. The second-order valence-electron chi connectivity index (χ2n) is 4.65. The van der Waals surface area contributed by atoms with E-state index in [0.717, 1.165) is 12.5 Å². The van der Waals surface area contributed by atoms with E-state index < -0.39 is 0 Å². The molecule has 3 nitrogen and oxygen atoms in total. The summed E-state index contributed by atoms with van der Waals surface area (Å²) in [7, 11) is 4.35. The van der Waals surface area contributed by atoms with E-state index >= 15 is 0 Å². The first-order chi connectivity index (χ1) is 7.24. The standard InChI is InChI=1S/C12H23N3/c1-14(2)12-6-10-15(11-7-12)9-5-3-4-8-13/h12H,3-7,9-11H2,1-2H3. The van der Waals surface area contributed by atoms with Crippen LogP contribution in [0.25, 0.3) is 0 Å². The number of likely N-dealkylation sites (tertiary alicyclic amines) is 1. The van der Waals surface area contributed by atoms with E-state index in [-0.39, 0.29) is 0 Å². The Labute approximate surface area is 93.7 Å². The molecule has 86 valence electrons. The molecule has 0 aliphatic carbocycles. The number of hydrogen-bond acceptors (Lipinski definition) is 3. The fourth-order valence-electron chi connectivity index (χ4n) is 2.20. The van der Waals surface area contributed by atoms with Gasteiger partial charge in [0.2, 0.25) is 0 Å². The van der Waals surface area contributed by atoms with Crippen molar-refractivity contribution in [3.05, 3.63) is 0 Å². The van der Waals surface area contributed by atoms with E-state index in [4.69, 9.17) is 5.26 Å². The van der Waals surface area contributed by atoms with Gasteiger partial charge in [-0.25, -0.2) is 0 Å². The summed E-state index contributed by atoms with van der Waals surface area (Å²) in [6.45, 7) is 3.65. The third-order valence-corrected chi connectivity index (χ3v) is 3.30. The highest BCUT2D eigenvalue weighted by molar-refractivity contribution is 4.77. The van der Waals surface area contributed by atoms with Crippen molar-refractivity contribution in [1.82, 2.24) is 9.80 Å². The van der Waals surface area contributed by atoms with E-state index in [2.05, 4.69) is 30.0 Å². The van der Waals surface area contributed by atoms with Crippen molar-refractivity contribution in [1.29, 1.82) is 5.26 Å². The predicted octanol–water partition coefficient (Wildman–Crippen LogP) is 1.71. The average molecular weight is 209 g/mol. The van der Waals surface area contributed by atoms with Gasteiger partial charge in [0, 0.05) is 12.5 Å². The van der Waals surface area contributed by atoms with Gasteiger partial charge in [-0.15, -0.1) is 0 Å². The van der Waals surface area contributed by atoms with Gasteiger partial charge >= 0.3 is 0 Å². The highest BCUT2D eigenvalue weighted by atomic mass is 15.2. The monoisotopic (exact) mass is 209 g/mol. The van der Waals surface area contributed by atoms with Gasteiger partial charge in [0.25, 0.3) is 0 Å². The molecule has 0 radical (unpaired) electrons. The maximum absolute atomic E-state index is 8.43. The molecule has 0 atom stereocenters. The fourth-order valence-corrected chi connectivity index (χ4v) is 2.20. The van der Waals surface area contributed by atoms with Gasteiger partial charge in [0.15, 0.2) is 0 Å². The smallest absolute Gasteiger partial charge is 0.0621 e. The van der Waals surface area contributed by atoms with Crippen molar-refractivity contribution in [3.8, 4) is 6.07 Å². The molecule has 0 aromatic heterocycles. The quantitative estimate of drug-likeness (QED) is 0.646. The first-order valence-electron chi connectivity index (χ1n) is 5.99. The molecule has 0 aromatic rings. The predicted molar refractivity (Wildman–Crippen MR) is 62.6 cm³/mol. The Morgan fingerprint density at radius 1 is 1.27 bits per heavy atom. The summed E-state index contributed by atoms with van der Waals surface area (Å²) >= 11 is 0. The summed E-state index contributed by atoms with van der Waals surface area (Å²) in [5, 5.41) is 8.43. The topological polar surface area (TPSA) is 30.3 Å². The molecular formula is C12H23N3. The number of hydrogen-bond donors (Lipinski definition) is 0. The molecule has 1 rings (SSSR count). The van der Waals surface area contributed by atoms with Gasteiger partial charge in [-0.2, -0.15) is 5.26 Å². The lowest BCUT2D eigenvalue weighted by Gasteiger charge is -2.35. The normalized spacial score (nSPS) is 19.3. The van der Waals surface area contributed by atoms with Crippen LogP contribution in [0.4, 0.5) is 0 Å². The minimum absolute atomic E-state index is 0.716. The minimum atomic E-state index is 0.716. The van der Waals surface area contributed by atoms with Gasteiger partial charge in [0.1, 0.15) is 0 Å². The molecule has 0 spiro atoms. The summed E-state index contributed by atoms with van der Waals surface area (Å²) in [5.41, 5.74) is 0. The van der Waals surface area contributed by atoms with Crippen molar-refractivity contribution >= 4 is 0 Å². The Kier molecular flexibility index (Phi) is 5.67. The van der Waals surface area contributed by atoms with Crippen LogP contribution in [0, 0.1) is 11.3 Å². The van der Waals surface area contributed by atoms with Crippen LogP contribution in [0.5, 0.6) is 0 Å². The molecule has 0 aromatic carbocycles. The molecule has 3 heteroatoms. The van der Waals surface area contributed by atoms with Gasteiger partial charge in [-0.05, 0) is 59.4 Å². The van der Waals surface area contributed by atoms with Crippen LogP contribution in [0.15, 0.2) is 0 Å². The lowest BCUT2D eigenvalue weighted by Crippen LogP contribution is -2.42. The Morgan fingerprint density at radius 3 is 2.47 bits per heavy atom. The number of piperidine rings is 1. The van der Waals surface area contributed by atoms with Crippen LogP contribution in [-0.4, -0.2) is 49.6 Å². The molecule has 1 fully saturated rings. The Balaban J connectivity index is 2.07. The number of nitrogens with zero attached hydrogens (tertiary/aromatic N) is 3. The summed E-state index contributed by atoms with van der Waals surface area (Å²) in [6.07, 6.45) is 5.55. The maximum atomic E-state index is 8.43. The molecular weight excluding hydrogens is 186 g/mol. The van der Waals surface area contributed by atoms with Crippen molar-refractivity contribution in [2.75, 3.05) is 33.7 Å². The van der Waals surface area contributed by atoms with Crippen molar-refractivity contribution in [3.63, 3.8) is 0 Å². The minimum Gasteiger partial charge on any atom is -0.306 e. The van der Waals surface area contributed by atoms with Crippen LogP contribution in [0.2, 0.25) is 0 Å². The zero-order valence-electron chi connectivity index (χ0n) is 10.1. The lowest BCUT2D eigenvalue weighted by atomic mass is 10.0. The lowest BCUT2D eigenvalue weighted by molar-refractivity contribution is 0.143. The Hall–Kier alpha value is -0.590. The summed E-state index contributed by atoms with van der Waals surface area (Å²) in [5.74, 6) is 0. The van der Waals surface area contributed by atoms with E-state index in [0.29, 0.717) is 6.42 Å². The van der Waals surface area contributed by atoms with E-state index in [1.165, 1.54) is 38.9 Å². The second-order valence-corrected chi connectivity index (χ2v) is 4.65. The molecule has 1 heterocycles. The molecule has 1 saturated heterocycles. The number of nitriles is 1. The molecule has 15 heavy (non-hydrogen) atoms. The van der Waals surface area contributed by atoms with Crippen LogP contribution >= 0.6 is 0 Å². The summed E-state index contributed by atoms with van der Waals surface area (Å²) in [4.78, 5) is 4.88. The zero-order chi connectivity index (χ0) is 11.1. The molecule has 0 saturated carbocycles. The van der Waals surface area contributed by atoms with E-state index in [9.17, 15) is 0 Å². The molecule has 1 aliphatic rings. The average Bonchev–Trinajstić information content (AvgIpc) is 2.25. The summed E-state index contributed by atoms with van der Waals surface area (Å²) in [6, 6.07) is 2.98. The second kappa shape index (κ2) is 6.81. The van der Waals surface area contributed by atoms with E-state index in [1.54, 1.807) is 0 Å². The van der Waals surface area contributed by atoms with Crippen LogP contribution in [0.3, 0.4) is 0 Å². The SMILES string of the molecule is CN(C)C1CCN(CCCCC#N)CC1. The zero-order valence-corrected chi connectivity index (χ0v) is 10.1. The maximum Gasteiger partial charge on any atom is 0.0621 e. The van der Waals surface area contributed by atoms with Gasteiger partial charge < -0.3 is 9.80 Å². The molecule has 0 unspecified atom stereocenters. The summed E-state index contributed by atoms with van der Waals surface area (Å²) < 4.78 is 0. The van der Waals surface area contributed by atoms with Crippen LogP contribution in [0.1, 0.15) is 32.1 Å². The van der Waals surface area contributed by atoms with Gasteiger partial charge in [-0.1, -0.05) is 0 Å². The third-order valence-electron chi connectivity index (χ3n) is 3.30. The molecule has 0 bridgehead atoms. The van der Waals surface area contributed by atoms with Crippen LogP contribution < -0.4 is 0 Å². The highest BCUT2D eigenvalue weighted by Gasteiger charge is 2.19. The van der Waals surface area contributed by atoms with E-state index in [1.807, 2.05) is 0 Å². The van der Waals surface area contributed by atoms with Crippen molar-refractivity contribution < 1.29 is 0 Å². The first kappa shape index (κ1) is 12.5. The van der Waals surface area contributed by atoms with Gasteiger partial charge in [0.05, 0.1) is 6.07 Å². The number of unbranched alkanes of at least 4 members (excludes halogenated alkanes) is 2. The van der Waals surface area contributed by atoms with Crippen molar-refractivity contribution in [2.45, 2.75) is 38.1 Å². The third kappa shape index (κ3) is 4.63. The fraction of sp³-hybridized carbons (Fsp3) is 0.917. The van der Waals surface area contributed by atoms with Crippen LogP contribution in [-0.2, 0) is 0 Å². The first-order valence-corrected chi connectivity index (χ1v) is 5.99. The molecule has 0 amide bonds. The Bertz CT molecular complexity index is 199. The van der Waals surface area contributed by atoms with Gasteiger partial charge in [-0.3, -0.25) is 0 Å².